The molecule has 3 heterocycles. The monoisotopic (exact) mass is 392 g/mol. The van der Waals surface area contributed by atoms with Gasteiger partial charge in [0.25, 0.3) is 0 Å². The van der Waals surface area contributed by atoms with E-state index in [1.807, 2.05) is 18.2 Å². The first-order valence-corrected chi connectivity index (χ1v) is 10.2. The van der Waals surface area contributed by atoms with E-state index in [0.717, 1.165) is 40.9 Å². The molecule has 0 aliphatic carbocycles. The lowest BCUT2D eigenvalue weighted by molar-refractivity contribution is 0.684. The first-order chi connectivity index (χ1) is 13.7. The topological polar surface area (TPSA) is 98.7 Å². The SMILES string of the molecule is CCCn1cc(-c2ccnc(Nc3cccc(S(N)=O)c3)n2)c2cccnc21. The number of rotatable bonds is 6. The van der Waals surface area contributed by atoms with Gasteiger partial charge in [-0.1, -0.05) is 13.0 Å². The summed E-state index contributed by atoms with van der Waals surface area (Å²) in [6, 6.07) is 13.0. The van der Waals surface area contributed by atoms with Gasteiger partial charge in [0.05, 0.1) is 10.6 Å². The van der Waals surface area contributed by atoms with Crippen molar-refractivity contribution in [3.63, 3.8) is 0 Å². The number of hydrogen-bond donors (Lipinski definition) is 2. The average molecular weight is 392 g/mol. The van der Waals surface area contributed by atoms with E-state index in [9.17, 15) is 4.21 Å². The van der Waals surface area contributed by atoms with Crippen LogP contribution in [-0.2, 0) is 17.5 Å². The summed E-state index contributed by atoms with van der Waals surface area (Å²) >= 11 is 0. The Morgan fingerprint density at radius 2 is 2.04 bits per heavy atom. The van der Waals surface area contributed by atoms with Crippen molar-refractivity contribution in [2.75, 3.05) is 5.32 Å². The van der Waals surface area contributed by atoms with E-state index >= 15 is 0 Å². The molecule has 0 spiro atoms. The summed E-state index contributed by atoms with van der Waals surface area (Å²) in [5.74, 6) is 0.456. The van der Waals surface area contributed by atoms with Gasteiger partial charge in [-0.15, -0.1) is 0 Å². The lowest BCUT2D eigenvalue weighted by Crippen LogP contribution is -2.03. The van der Waals surface area contributed by atoms with Gasteiger partial charge in [0, 0.05) is 41.8 Å². The molecule has 7 nitrogen and oxygen atoms in total. The van der Waals surface area contributed by atoms with Gasteiger partial charge in [-0.3, -0.25) is 0 Å². The number of aromatic nitrogens is 4. The minimum atomic E-state index is -1.54. The van der Waals surface area contributed by atoms with Gasteiger partial charge >= 0.3 is 0 Å². The summed E-state index contributed by atoms with van der Waals surface area (Å²) in [6.45, 7) is 3.04. The standard InChI is InChI=1S/C20H20N6OS/c1-2-11-26-13-17(16-7-4-9-22-19(16)26)18-8-10-23-20(25-18)24-14-5-3-6-15(12-14)28(21)27/h3-10,12-13H,2,11,21H2,1H3,(H,23,24,25). The minimum absolute atomic E-state index is 0.456. The van der Waals surface area contributed by atoms with Crippen LogP contribution < -0.4 is 10.5 Å². The number of aryl methyl sites for hydroxylation is 1. The molecule has 0 bridgehead atoms. The van der Waals surface area contributed by atoms with Crippen molar-refractivity contribution in [2.45, 2.75) is 24.8 Å². The van der Waals surface area contributed by atoms with Crippen LogP contribution in [0.25, 0.3) is 22.3 Å². The fourth-order valence-electron chi connectivity index (χ4n) is 3.14. The molecule has 0 fully saturated rings. The number of nitrogens with two attached hydrogens (primary N) is 1. The van der Waals surface area contributed by atoms with E-state index in [0.29, 0.717) is 10.8 Å². The van der Waals surface area contributed by atoms with Gasteiger partial charge in [-0.2, -0.15) is 0 Å². The molecule has 1 unspecified atom stereocenters. The van der Waals surface area contributed by atoms with Crippen molar-refractivity contribution in [1.82, 2.24) is 19.5 Å². The summed E-state index contributed by atoms with van der Waals surface area (Å²) in [7, 11) is -1.54. The van der Waals surface area contributed by atoms with Crippen LogP contribution in [0.1, 0.15) is 13.3 Å². The number of fused-ring (bicyclic) bond motifs is 1. The van der Waals surface area contributed by atoms with E-state index in [-0.39, 0.29) is 0 Å². The summed E-state index contributed by atoms with van der Waals surface area (Å²) in [6.07, 6.45) is 6.63. The number of pyridine rings is 1. The molecule has 0 aliphatic rings. The van der Waals surface area contributed by atoms with Gasteiger partial charge in [-0.05, 0) is 42.8 Å². The molecule has 28 heavy (non-hydrogen) atoms. The maximum atomic E-state index is 11.5. The van der Waals surface area contributed by atoms with Crippen molar-refractivity contribution in [1.29, 1.82) is 0 Å². The molecule has 8 heteroatoms. The molecule has 0 amide bonds. The summed E-state index contributed by atoms with van der Waals surface area (Å²) in [5.41, 5.74) is 3.50. The van der Waals surface area contributed by atoms with Gasteiger partial charge in [0.15, 0.2) is 0 Å². The minimum Gasteiger partial charge on any atom is -0.332 e. The zero-order valence-electron chi connectivity index (χ0n) is 15.4. The molecule has 0 saturated carbocycles. The van der Waals surface area contributed by atoms with Crippen molar-refractivity contribution in [3.8, 4) is 11.3 Å². The lowest BCUT2D eigenvalue weighted by atomic mass is 10.1. The largest absolute Gasteiger partial charge is 0.332 e. The Kier molecular flexibility index (Phi) is 5.14. The number of nitrogens with zero attached hydrogens (tertiary/aromatic N) is 4. The first-order valence-electron chi connectivity index (χ1n) is 8.96. The Balaban J connectivity index is 1.71. The van der Waals surface area contributed by atoms with Crippen LogP contribution in [0.2, 0.25) is 0 Å². The van der Waals surface area contributed by atoms with Crippen LogP contribution in [0.5, 0.6) is 0 Å². The highest BCUT2D eigenvalue weighted by molar-refractivity contribution is 7.82. The summed E-state index contributed by atoms with van der Waals surface area (Å²) in [4.78, 5) is 14.0. The molecule has 0 saturated heterocycles. The van der Waals surface area contributed by atoms with Crippen molar-refractivity contribution < 1.29 is 4.21 Å². The van der Waals surface area contributed by atoms with Gasteiger partial charge in [0.1, 0.15) is 16.6 Å². The fourth-order valence-corrected chi connectivity index (χ4v) is 3.59. The van der Waals surface area contributed by atoms with Crippen LogP contribution in [0.15, 0.2) is 66.0 Å². The number of hydrogen-bond acceptors (Lipinski definition) is 5. The van der Waals surface area contributed by atoms with E-state index in [4.69, 9.17) is 5.14 Å². The second-order valence-corrected chi connectivity index (χ2v) is 7.39. The number of nitrogens with one attached hydrogen (secondary N) is 1. The predicted molar refractivity (Wildman–Crippen MR) is 111 cm³/mol. The zero-order chi connectivity index (χ0) is 19.5. The first kappa shape index (κ1) is 18.3. The molecule has 1 aromatic carbocycles. The molecular weight excluding hydrogens is 372 g/mol. The molecule has 4 rings (SSSR count). The smallest absolute Gasteiger partial charge is 0.227 e. The van der Waals surface area contributed by atoms with Crippen LogP contribution >= 0.6 is 0 Å². The van der Waals surface area contributed by atoms with Crippen molar-refractivity contribution >= 4 is 33.7 Å². The van der Waals surface area contributed by atoms with Crippen LogP contribution in [-0.4, -0.2) is 23.7 Å². The van der Waals surface area contributed by atoms with Crippen LogP contribution in [0.4, 0.5) is 11.6 Å². The van der Waals surface area contributed by atoms with E-state index in [1.54, 1.807) is 30.6 Å². The fraction of sp³-hybridized carbons (Fsp3) is 0.150. The normalized spacial score (nSPS) is 12.2. The Morgan fingerprint density at radius 1 is 1.14 bits per heavy atom. The number of benzene rings is 1. The predicted octanol–water partition coefficient (Wildman–Crippen LogP) is 3.63. The quantitative estimate of drug-likeness (QED) is 0.522. The number of anilines is 2. The van der Waals surface area contributed by atoms with Gasteiger partial charge in [-0.25, -0.2) is 24.3 Å². The molecule has 142 valence electrons. The molecule has 3 aromatic heterocycles. The highest BCUT2D eigenvalue weighted by atomic mass is 32.2. The van der Waals surface area contributed by atoms with Gasteiger partial charge in [0.2, 0.25) is 5.95 Å². The molecule has 0 radical (unpaired) electrons. The summed E-state index contributed by atoms with van der Waals surface area (Å²) < 4.78 is 13.6. The Labute approximate surface area is 165 Å². The van der Waals surface area contributed by atoms with Gasteiger partial charge < -0.3 is 9.88 Å². The average Bonchev–Trinajstić information content (AvgIpc) is 3.08. The van der Waals surface area contributed by atoms with Crippen LogP contribution in [0.3, 0.4) is 0 Å². The van der Waals surface area contributed by atoms with Crippen LogP contribution in [0, 0.1) is 0 Å². The summed E-state index contributed by atoms with van der Waals surface area (Å²) in [5, 5.41) is 9.67. The maximum Gasteiger partial charge on any atom is 0.227 e. The molecule has 3 N–H and O–H groups in total. The molecule has 4 aromatic rings. The molecule has 0 aliphatic heterocycles. The lowest BCUT2D eigenvalue weighted by Gasteiger charge is -2.07. The highest BCUT2D eigenvalue weighted by Crippen LogP contribution is 2.29. The van der Waals surface area contributed by atoms with E-state index in [1.165, 1.54) is 0 Å². The van der Waals surface area contributed by atoms with Crippen molar-refractivity contribution in [2.24, 2.45) is 5.14 Å². The Morgan fingerprint density at radius 3 is 2.86 bits per heavy atom. The maximum absolute atomic E-state index is 11.5. The third-order valence-corrected chi connectivity index (χ3v) is 5.07. The zero-order valence-corrected chi connectivity index (χ0v) is 16.2. The second-order valence-electron chi connectivity index (χ2n) is 6.33. The molecular formula is C20H20N6OS. The third kappa shape index (κ3) is 3.64. The van der Waals surface area contributed by atoms with E-state index in [2.05, 4.69) is 44.0 Å². The highest BCUT2D eigenvalue weighted by Gasteiger charge is 2.13. The second kappa shape index (κ2) is 7.87. The molecule has 1 atom stereocenters. The Hall–Kier alpha value is -3.10. The third-order valence-electron chi connectivity index (χ3n) is 4.35. The van der Waals surface area contributed by atoms with Crippen molar-refractivity contribution in [3.05, 3.63) is 61.1 Å². The van der Waals surface area contributed by atoms with E-state index < -0.39 is 11.0 Å². The Bertz CT molecular complexity index is 1160.